The van der Waals surface area contributed by atoms with Crippen LogP contribution in [0.2, 0.25) is 0 Å². The number of nitrogens with zero attached hydrogens (tertiary/aromatic N) is 3. The molecule has 1 fully saturated rings. The van der Waals surface area contributed by atoms with Gasteiger partial charge in [0.25, 0.3) is 5.91 Å². The normalized spacial score (nSPS) is 16.4. The Hall–Kier alpha value is -3.62. The second-order valence-electron chi connectivity index (χ2n) is 8.05. The third-order valence-corrected chi connectivity index (χ3v) is 5.47. The van der Waals surface area contributed by atoms with Crippen LogP contribution in [0, 0.1) is 6.92 Å². The minimum absolute atomic E-state index is 0.0721. The predicted molar refractivity (Wildman–Crippen MR) is 120 cm³/mol. The van der Waals surface area contributed by atoms with Gasteiger partial charge in [-0.1, -0.05) is 35.9 Å². The maximum absolute atomic E-state index is 13.5. The van der Waals surface area contributed by atoms with Crippen molar-refractivity contribution in [2.75, 3.05) is 23.7 Å². The van der Waals surface area contributed by atoms with E-state index in [1.54, 1.807) is 41.3 Å². The number of benzene rings is 2. The van der Waals surface area contributed by atoms with Crippen LogP contribution in [0.15, 0.2) is 60.8 Å². The molecule has 0 saturated carbocycles. The average molecular weight is 455 g/mol. The summed E-state index contributed by atoms with van der Waals surface area (Å²) in [5.41, 5.74) is 1.15. The lowest BCUT2D eigenvalue weighted by Gasteiger charge is -2.33. The number of carbonyl (C=O) groups is 1. The fourth-order valence-electron chi connectivity index (χ4n) is 3.75. The number of halogens is 3. The zero-order valence-corrected chi connectivity index (χ0v) is 18.1. The molecule has 1 unspecified atom stereocenters. The van der Waals surface area contributed by atoms with E-state index in [1.165, 1.54) is 0 Å². The molecular formula is C24H24F3N5O. The first-order chi connectivity index (χ1) is 15.8. The van der Waals surface area contributed by atoms with Crippen LogP contribution in [-0.2, 0) is 6.18 Å². The predicted octanol–water partition coefficient (Wildman–Crippen LogP) is 5.26. The van der Waals surface area contributed by atoms with Crippen molar-refractivity contribution in [3.05, 3.63) is 77.5 Å². The molecule has 0 spiro atoms. The van der Waals surface area contributed by atoms with Crippen molar-refractivity contribution in [3.8, 4) is 0 Å². The molecule has 1 saturated heterocycles. The second-order valence-corrected chi connectivity index (χ2v) is 8.05. The molecule has 9 heteroatoms. The third-order valence-electron chi connectivity index (χ3n) is 5.47. The van der Waals surface area contributed by atoms with Crippen molar-refractivity contribution in [2.45, 2.75) is 32.0 Å². The number of hydrogen-bond acceptors (Lipinski definition) is 5. The van der Waals surface area contributed by atoms with E-state index < -0.39 is 11.7 Å². The zero-order chi connectivity index (χ0) is 23.4. The van der Waals surface area contributed by atoms with Gasteiger partial charge in [-0.3, -0.25) is 4.79 Å². The molecule has 1 atom stereocenters. The molecule has 172 valence electrons. The van der Waals surface area contributed by atoms with Crippen molar-refractivity contribution in [1.29, 1.82) is 0 Å². The van der Waals surface area contributed by atoms with E-state index in [0.717, 1.165) is 24.6 Å². The second kappa shape index (κ2) is 9.48. The van der Waals surface area contributed by atoms with Crippen LogP contribution in [0.25, 0.3) is 0 Å². The zero-order valence-electron chi connectivity index (χ0n) is 18.1. The van der Waals surface area contributed by atoms with Crippen LogP contribution in [0.5, 0.6) is 0 Å². The van der Waals surface area contributed by atoms with Gasteiger partial charge in [0.05, 0.1) is 0 Å². The van der Waals surface area contributed by atoms with Crippen molar-refractivity contribution >= 4 is 23.4 Å². The first-order valence-electron chi connectivity index (χ1n) is 10.7. The van der Waals surface area contributed by atoms with Crippen molar-refractivity contribution in [3.63, 3.8) is 0 Å². The molecule has 2 heterocycles. The summed E-state index contributed by atoms with van der Waals surface area (Å²) in [5, 5.41) is 5.86. The Labute approximate surface area is 189 Å². The van der Waals surface area contributed by atoms with Gasteiger partial charge < -0.3 is 15.5 Å². The quantitative estimate of drug-likeness (QED) is 0.549. The Bertz CT molecular complexity index is 1100. The van der Waals surface area contributed by atoms with Gasteiger partial charge in [0.2, 0.25) is 5.95 Å². The lowest BCUT2D eigenvalue weighted by Crippen LogP contribution is -2.45. The number of aryl methyl sites for hydroxylation is 1. The Morgan fingerprint density at radius 3 is 2.52 bits per heavy atom. The molecule has 6 nitrogen and oxygen atoms in total. The fraction of sp³-hybridized carbons (Fsp3) is 0.292. The number of hydrogen-bond donors (Lipinski definition) is 2. The summed E-state index contributed by atoms with van der Waals surface area (Å²) in [6, 6.07) is 15.8. The van der Waals surface area contributed by atoms with Gasteiger partial charge in [-0.2, -0.15) is 18.2 Å². The minimum atomic E-state index is -4.60. The average Bonchev–Trinajstić information content (AvgIpc) is 2.80. The summed E-state index contributed by atoms with van der Waals surface area (Å²) in [5.74, 6) is -0.314. The fourth-order valence-corrected chi connectivity index (χ4v) is 3.75. The number of likely N-dealkylation sites (tertiary alicyclic amines) is 1. The lowest BCUT2D eigenvalue weighted by atomic mass is 10.0. The van der Waals surface area contributed by atoms with Crippen LogP contribution in [0.4, 0.5) is 30.6 Å². The summed E-state index contributed by atoms with van der Waals surface area (Å²) in [6.07, 6.45) is -2.30. The van der Waals surface area contributed by atoms with Crippen LogP contribution in [-0.4, -0.2) is 39.9 Å². The largest absolute Gasteiger partial charge is 0.421 e. The molecule has 0 aliphatic carbocycles. The minimum Gasteiger partial charge on any atom is -0.350 e. The molecule has 0 bridgehead atoms. The number of aromatic nitrogens is 2. The molecule has 1 amide bonds. The van der Waals surface area contributed by atoms with Crippen LogP contribution in [0.1, 0.15) is 34.3 Å². The highest BCUT2D eigenvalue weighted by atomic mass is 19.4. The molecule has 1 aromatic heterocycles. The number of piperidine rings is 1. The van der Waals surface area contributed by atoms with E-state index in [0.29, 0.717) is 24.3 Å². The smallest absolute Gasteiger partial charge is 0.350 e. The van der Waals surface area contributed by atoms with E-state index in [4.69, 9.17) is 0 Å². The van der Waals surface area contributed by atoms with Crippen molar-refractivity contribution in [1.82, 2.24) is 14.9 Å². The van der Waals surface area contributed by atoms with Gasteiger partial charge >= 0.3 is 6.18 Å². The summed E-state index contributed by atoms with van der Waals surface area (Å²) >= 11 is 0. The number of nitrogens with one attached hydrogen (secondary N) is 2. The number of alkyl halides is 3. The van der Waals surface area contributed by atoms with Gasteiger partial charge in [-0.25, -0.2) is 4.98 Å². The van der Waals surface area contributed by atoms with Gasteiger partial charge in [0.15, 0.2) is 0 Å². The number of carbonyl (C=O) groups excluding carboxylic acids is 1. The summed E-state index contributed by atoms with van der Waals surface area (Å²) < 4.78 is 40.6. The summed E-state index contributed by atoms with van der Waals surface area (Å²) in [6.45, 7) is 2.94. The molecule has 1 aliphatic heterocycles. The summed E-state index contributed by atoms with van der Waals surface area (Å²) in [4.78, 5) is 22.5. The molecule has 33 heavy (non-hydrogen) atoms. The highest BCUT2D eigenvalue weighted by Crippen LogP contribution is 2.35. The molecule has 2 N–H and O–H groups in total. The lowest BCUT2D eigenvalue weighted by molar-refractivity contribution is -0.137. The first-order valence-corrected chi connectivity index (χ1v) is 10.7. The Morgan fingerprint density at radius 2 is 1.82 bits per heavy atom. The van der Waals surface area contributed by atoms with Gasteiger partial charge in [0.1, 0.15) is 11.4 Å². The number of amides is 1. The molecule has 3 aromatic rings. The Balaban J connectivity index is 1.51. The van der Waals surface area contributed by atoms with E-state index in [1.807, 2.05) is 25.1 Å². The molecule has 4 rings (SSSR count). The highest BCUT2D eigenvalue weighted by molar-refractivity contribution is 5.94. The Morgan fingerprint density at radius 1 is 1.09 bits per heavy atom. The molecule has 2 aromatic carbocycles. The standard InChI is InChI=1S/C24H24F3N5O/c1-16-9-11-18(12-10-16)29-21-20(24(25,26)27)14-28-23(31-21)30-19-8-5-13-32(15-19)22(33)17-6-3-2-4-7-17/h2-4,6-7,9-12,14,19H,5,8,13,15H2,1H3,(H2,28,29,30,31). The van der Waals surface area contributed by atoms with Crippen LogP contribution >= 0.6 is 0 Å². The monoisotopic (exact) mass is 455 g/mol. The van der Waals surface area contributed by atoms with Crippen molar-refractivity contribution < 1.29 is 18.0 Å². The molecule has 0 radical (unpaired) electrons. The van der Waals surface area contributed by atoms with Crippen LogP contribution < -0.4 is 10.6 Å². The van der Waals surface area contributed by atoms with Gasteiger partial charge in [-0.05, 0) is 44.0 Å². The first kappa shape index (κ1) is 22.6. The topological polar surface area (TPSA) is 70.2 Å². The maximum Gasteiger partial charge on any atom is 0.421 e. The summed E-state index contributed by atoms with van der Waals surface area (Å²) in [7, 11) is 0. The third kappa shape index (κ3) is 5.60. The van der Waals surface area contributed by atoms with Gasteiger partial charge in [-0.15, -0.1) is 0 Å². The highest BCUT2D eigenvalue weighted by Gasteiger charge is 2.35. The molecular weight excluding hydrogens is 431 g/mol. The number of anilines is 3. The van der Waals surface area contributed by atoms with E-state index in [9.17, 15) is 18.0 Å². The van der Waals surface area contributed by atoms with Gasteiger partial charge in [0, 0.05) is 36.6 Å². The Kier molecular flexibility index (Phi) is 6.48. The SMILES string of the molecule is Cc1ccc(Nc2nc(NC3CCCN(C(=O)c4ccccc4)C3)ncc2C(F)(F)F)cc1. The van der Waals surface area contributed by atoms with Crippen LogP contribution in [0.3, 0.4) is 0 Å². The maximum atomic E-state index is 13.5. The molecule has 1 aliphatic rings. The number of rotatable bonds is 5. The van der Waals surface area contributed by atoms with Crippen molar-refractivity contribution in [2.24, 2.45) is 0 Å². The van der Waals surface area contributed by atoms with E-state index in [2.05, 4.69) is 20.6 Å². The van der Waals surface area contributed by atoms with E-state index >= 15 is 0 Å². The van der Waals surface area contributed by atoms with E-state index in [-0.39, 0.29) is 23.7 Å².